The molecule has 0 radical (unpaired) electrons. The van der Waals surface area contributed by atoms with Crippen molar-refractivity contribution in [2.75, 3.05) is 42.3 Å². The van der Waals surface area contributed by atoms with Crippen molar-refractivity contribution in [3.05, 3.63) is 207 Å². The van der Waals surface area contributed by atoms with Crippen LogP contribution in [0, 0.1) is 26.2 Å². The second kappa shape index (κ2) is 26.2. The van der Waals surface area contributed by atoms with Crippen LogP contribution in [-0.2, 0) is 29.4 Å². The van der Waals surface area contributed by atoms with E-state index in [2.05, 4.69) is 27.9 Å². The molecule has 5 heterocycles. The van der Waals surface area contributed by atoms with Crippen LogP contribution < -0.4 is 19.4 Å². The number of carbonyl (C=O) groups excluding carboxylic acids is 2. The molecule has 8 aromatic carbocycles. The Hall–Kier alpha value is -8.17. The number of fused-ring (bicyclic) bond motifs is 4. The van der Waals surface area contributed by atoms with Crippen molar-refractivity contribution in [3.8, 4) is 55.3 Å². The average molecular weight is 1460 g/mol. The van der Waals surface area contributed by atoms with Crippen LogP contribution >= 0.6 is 45.3 Å². The fourth-order valence-corrected chi connectivity index (χ4v) is 14.8. The third kappa shape index (κ3) is 13.4. The normalized spacial score (nSPS) is 13.6. The molecule has 23 heteroatoms. The molecule has 1 N–H and O–H groups in total. The molecule has 1 saturated heterocycles. The summed E-state index contributed by atoms with van der Waals surface area (Å²) in [6.45, 7) is 9.68. The van der Waals surface area contributed by atoms with E-state index in [9.17, 15) is 44.0 Å². The van der Waals surface area contributed by atoms with Gasteiger partial charge < -0.3 is 23.5 Å². The predicted molar refractivity (Wildman–Crippen MR) is 380 cm³/mol. The number of nitrogens with zero attached hydrogens (tertiary/aromatic N) is 2. The van der Waals surface area contributed by atoms with Gasteiger partial charge in [-0.05, 0) is 176 Å². The molecule has 12 aromatic rings. The Labute approximate surface area is 563 Å². The van der Waals surface area contributed by atoms with E-state index in [4.69, 9.17) is 18.1 Å². The Kier molecular flexibility index (Phi) is 18.8. The van der Waals surface area contributed by atoms with Gasteiger partial charge in [-0.3, -0.25) is 18.2 Å². The molecule has 94 heavy (non-hydrogen) atoms. The zero-order valence-corrected chi connectivity index (χ0v) is 57.9. The van der Waals surface area contributed by atoms with Crippen LogP contribution in [0.5, 0.6) is 0 Å². The third-order valence-corrected chi connectivity index (χ3v) is 22.1. The number of benzene rings is 8. The van der Waals surface area contributed by atoms with Crippen molar-refractivity contribution >= 4 is 143 Å². The van der Waals surface area contributed by atoms with E-state index in [-0.39, 0.29) is 35.2 Å². The quantitative estimate of drug-likeness (QED) is 0.0508. The number of thiophene rings is 2. The Morgan fingerprint density at radius 1 is 0.543 bits per heavy atom. The van der Waals surface area contributed by atoms with Gasteiger partial charge in [-0.25, -0.2) is 34.4 Å². The topological polar surface area (TPSA) is 166 Å². The number of hydrogen-bond acceptors (Lipinski definition) is 12. The predicted octanol–water partition coefficient (Wildman–Crippen LogP) is 17.5. The molecule has 0 spiro atoms. The van der Waals surface area contributed by atoms with Gasteiger partial charge in [0, 0.05) is 97.8 Å². The lowest BCUT2D eigenvalue weighted by molar-refractivity contribution is 0.00578. The summed E-state index contributed by atoms with van der Waals surface area (Å²) >= 11 is 5.27. The summed E-state index contributed by atoms with van der Waals surface area (Å²) in [6, 6.07) is 46.9. The first-order chi connectivity index (χ1) is 44.4. The van der Waals surface area contributed by atoms with Gasteiger partial charge >= 0.3 is 7.12 Å². The lowest BCUT2D eigenvalue weighted by Crippen LogP contribution is -2.41. The van der Waals surface area contributed by atoms with Crippen LogP contribution in [0.1, 0.15) is 61.8 Å². The number of carbonyl (C=O) groups is 2. The summed E-state index contributed by atoms with van der Waals surface area (Å²) in [6.07, 6.45) is 2.45. The number of ketones is 1. The van der Waals surface area contributed by atoms with Crippen molar-refractivity contribution in [1.82, 2.24) is 5.32 Å². The average Bonchev–Trinajstić information content (AvgIpc) is 1.56. The minimum absolute atomic E-state index is 0.123. The first kappa shape index (κ1) is 67.3. The minimum atomic E-state index is -3.69. The zero-order chi connectivity index (χ0) is 67.5. The summed E-state index contributed by atoms with van der Waals surface area (Å²) in [7, 11) is -3.55. The molecule has 0 bridgehead atoms. The van der Waals surface area contributed by atoms with Crippen molar-refractivity contribution in [3.63, 3.8) is 0 Å². The molecule has 1 fully saturated rings. The summed E-state index contributed by atoms with van der Waals surface area (Å²) < 4.78 is 136. The third-order valence-electron chi connectivity index (χ3n) is 16.7. The summed E-state index contributed by atoms with van der Waals surface area (Å²) in [5, 5.41) is 4.91. The number of anilines is 2. The van der Waals surface area contributed by atoms with E-state index in [1.807, 2.05) is 94.4 Å². The van der Waals surface area contributed by atoms with E-state index in [0.29, 0.717) is 83.4 Å². The lowest BCUT2D eigenvalue weighted by Gasteiger charge is -2.32. The maximum Gasteiger partial charge on any atom is 0.494 e. The van der Waals surface area contributed by atoms with Gasteiger partial charge in [0.05, 0.1) is 49.1 Å². The molecular weight excluding hydrogens is 1400 g/mol. The smallest absolute Gasteiger partial charge is 0.455 e. The molecule has 0 aliphatic carbocycles. The van der Waals surface area contributed by atoms with Gasteiger partial charge in [0.15, 0.2) is 5.78 Å². The summed E-state index contributed by atoms with van der Waals surface area (Å²) in [5.41, 5.74) is 6.06. The number of Topliss-reactive ketones (excluding diaryl/α,β-unsaturated/α-hetero) is 1. The van der Waals surface area contributed by atoms with E-state index < -0.39 is 55.9 Å². The van der Waals surface area contributed by atoms with Crippen molar-refractivity contribution < 1.29 is 62.1 Å². The van der Waals surface area contributed by atoms with Gasteiger partial charge in [-0.1, -0.05) is 61.5 Å². The summed E-state index contributed by atoms with van der Waals surface area (Å²) in [4.78, 5) is 27.2. The molecule has 13 rings (SSSR count). The van der Waals surface area contributed by atoms with Gasteiger partial charge in [-0.15, -0.1) is 22.7 Å². The second-order valence-electron chi connectivity index (χ2n) is 23.4. The molecule has 0 atom stereocenters. The number of hydrogen-bond donors (Lipinski definition) is 1. The molecule has 1 aliphatic heterocycles. The van der Waals surface area contributed by atoms with Gasteiger partial charge in [-0.2, -0.15) is 0 Å². The molecule has 482 valence electrons. The van der Waals surface area contributed by atoms with Gasteiger partial charge in [0.25, 0.3) is 5.91 Å². The minimum Gasteiger partial charge on any atom is -0.455 e. The SMILES string of the molecule is CCC(=O)c1c(-c2ccc(F)cc2)oc2cc(N(C)S(C)(=O)=O)c(-c3cccc(B4OC(C)(C)C(C)(C)O4)c3)cc12.CNC(=O)c1c(-c2ccc(F)cc2)oc2cc(N(C)S(C)(=O)=O)c(-c3cccc(-c4cc5c(F)cccc5s4)c3)cc12.Fc1cccc2sc(I)cc12. The molecule has 13 nitrogen and oxygen atoms in total. The molecule has 0 unspecified atom stereocenters. The molecule has 1 aliphatic rings. The van der Waals surface area contributed by atoms with Gasteiger partial charge in [0.1, 0.15) is 46.0 Å². The maximum absolute atomic E-state index is 14.4. The highest BCUT2D eigenvalue weighted by Gasteiger charge is 2.52. The fourth-order valence-electron chi connectivity index (χ4n) is 10.9. The monoisotopic (exact) mass is 1460 g/mol. The number of sulfonamides is 2. The molecule has 0 saturated carbocycles. The lowest BCUT2D eigenvalue weighted by atomic mass is 9.78. The van der Waals surface area contributed by atoms with Crippen LogP contribution in [0.4, 0.5) is 28.9 Å². The van der Waals surface area contributed by atoms with Crippen LogP contribution in [0.25, 0.3) is 97.5 Å². The molecule has 4 aromatic heterocycles. The Bertz CT molecular complexity index is 5170. The van der Waals surface area contributed by atoms with E-state index in [0.717, 1.165) is 50.4 Å². The first-order valence-electron chi connectivity index (χ1n) is 29.4. The van der Waals surface area contributed by atoms with Crippen molar-refractivity contribution in [1.29, 1.82) is 0 Å². The van der Waals surface area contributed by atoms with Crippen LogP contribution in [0.3, 0.4) is 0 Å². The van der Waals surface area contributed by atoms with E-state index >= 15 is 0 Å². The molecular formula is C71H61BF4IN3O10S4. The first-order valence-corrected chi connectivity index (χ1v) is 35.8. The van der Waals surface area contributed by atoms with Crippen LogP contribution in [0.15, 0.2) is 179 Å². The second-order valence-corrected chi connectivity index (χ2v) is 31.5. The van der Waals surface area contributed by atoms with Crippen LogP contribution in [0.2, 0.25) is 0 Å². The number of rotatable bonds is 13. The maximum atomic E-state index is 14.4. The highest BCUT2D eigenvalue weighted by atomic mass is 127. The van der Waals surface area contributed by atoms with Crippen molar-refractivity contribution in [2.24, 2.45) is 0 Å². The largest absolute Gasteiger partial charge is 0.494 e. The Morgan fingerprint density at radius 3 is 1.47 bits per heavy atom. The Balaban J connectivity index is 0.000000164. The van der Waals surface area contributed by atoms with Crippen LogP contribution in [-0.4, -0.2) is 80.5 Å². The zero-order valence-electron chi connectivity index (χ0n) is 52.4. The van der Waals surface area contributed by atoms with Gasteiger partial charge in [0.2, 0.25) is 20.0 Å². The fraction of sp³-hybridized carbons (Fsp3) is 0.183. The van der Waals surface area contributed by atoms with Crippen molar-refractivity contribution in [2.45, 2.75) is 52.2 Å². The van der Waals surface area contributed by atoms with E-state index in [1.165, 1.54) is 85.3 Å². The summed E-state index contributed by atoms with van der Waals surface area (Å²) in [5.74, 6) is -1.28. The number of furan rings is 2. The van der Waals surface area contributed by atoms with E-state index in [1.54, 1.807) is 72.9 Å². The molecule has 1 amide bonds. The number of halogens is 5. The standard InChI is InChI=1S/C32H24F2N2O4S2.C31H33BFNO6S.C8H4FIS/c1-35-32(37)30-24-15-22(19-6-4-7-20(14-19)29-16-23-25(34)8-5-9-28(23)41-29)26(36(2)42(3,38)39)17-27(24)40-31(30)18-10-12-21(33)13-11-18;1-8-26(35)28-24-17-23(20-10-9-11-21(16-20)32-39-30(2,3)31(4,5)40-32)25(34(6)41(7,36)37)18-27(24)38-29(28)19-12-14-22(33)15-13-19;9-6-2-1-3-7-5(6)4-8(10)11-7/h4-17H,1-3H3,(H,35,37);9-18H,8H2,1-7H3;1-4H. The number of amides is 1. The highest BCUT2D eigenvalue weighted by Crippen LogP contribution is 2.46. The Morgan fingerprint density at radius 2 is 0.989 bits per heavy atom. The number of nitrogens with one attached hydrogen (secondary N) is 1. The highest BCUT2D eigenvalue weighted by molar-refractivity contribution is 14.1.